The quantitative estimate of drug-likeness (QED) is 0.805. The number of sulfone groups is 1. The lowest BCUT2D eigenvalue weighted by molar-refractivity contribution is 0.102. The average molecular weight is 274 g/mol. The van der Waals surface area contributed by atoms with Gasteiger partial charge in [-0.05, 0) is 19.1 Å². The van der Waals surface area contributed by atoms with Crippen molar-refractivity contribution in [3.05, 3.63) is 65.7 Å². The summed E-state index contributed by atoms with van der Waals surface area (Å²) in [5, 5.41) is 0. The minimum Gasteiger partial charge on any atom is -0.293 e. The molecular formula is C15H14O3S. The summed E-state index contributed by atoms with van der Waals surface area (Å²) in [5.41, 5.74) is 1.39. The SMILES string of the molecule is Cc1ccc(S(=O)(=O)CC(=O)c2ccccc2)cc1. The fraction of sp³-hybridized carbons (Fsp3) is 0.133. The largest absolute Gasteiger partial charge is 0.293 e. The van der Waals surface area contributed by atoms with Gasteiger partial charge in [0.15, 0.2) is 15.6 Å². The summed E-state index contributed by atoms with van der Waals surface area (Å²) < 4.78 is 24.2. The highest BCUT2D eigenvalue weighted by molar-refractivity contribution is 7.92. The van der Waals surface area contributed by atoms with Crippen molar-refractivity contribution in [1.29, 1.82) is 0 Å². The van der Waals surface area contributed by atoms with Crippen LogP contribution in [0.3, 0.4) is 0 Å². The number of Topliss-reactive ketones (excluding diaryl/α,β-unsaturated/α-hetero) is 1. The van der Waals surface area contributed by atoms with Gasteiger partial charge >= 0.3 is 0 Å². The molecular weight excluding hydrogens is 260 g/mol. The van der Waals surface area contributed by atoms with Crippen LogP contribution in [0.25, 0.3) is 0 Å². The fourth-order valence-corrected chi connectivity index (χ4v) is 2.94. The zero-order valence-corrected chi connectivity index (χ0v) is 11.4. The summed E-state index contributed by atoms with van der Waals surface area (Å²) >= 11 is 0. The molecule has 0 aliphatic heterocycles. The lowest BCUT2D eigenvalue weighted by Gasteiger charge is -2.04. The molecule has 0 aromatic heterocycles. The van der Waals surface area contributed by atoms with Gasteiger partial charge in [-0.15, -0.1) is 0 Å². The summed E-state index contributed by atoms with van der Waals surface area (Å²) in [6.07, 6.45) is 0. The van der Waals surface area contributed by atoms with Crippen LogP contribution in [-0.4, -0.2) is 20.0 Å². The van der Waals surface area contributed by atoms with Crippen molar-refractivity contribution in [3.8, 4) is 0 Å². The van der Waals surface area contributed by atoms with E-state index < -0.39 is 15.6 Å². The maximum Gasteiger partial charge on any atom is 0.185 e. The van der Waals surface area contributed by atoms with E-state index in [1.807, 2.05) is 6.92 Å². The molecule has 2 rings (SSSR count). The van der Waals surface area contributed by atoms with E-state index in [1.54, 1.807) is 42.5 Å². The van der Waals surface area contributed by atoms with Crippen LogP contribution in [0.15, 0.2) is 59.5 Å². The summed E-state index contributed by atoms with van der Waals surface area (Å²) in [5.74, 6) is -0.888. The van der Waals surface area contributed by atoms with E-state index in [1.165, 1.54) is 12.1 Å². The molecule has 0 atom stereocenters. The summed E-state index contributed by atoms with van der Waals surface area (Å²) in [6.45, 7) is 1.88. The molecule has 0 radical (unpaired) electrons. The van der Waals surface area contributed by atoms with E-state index in [4.69, 9.17) is 0 Å². The van der Waals surface area contributed by atoms with Crippen LogP contribution in [0.5, 0.6) is 0 Å². The summed E-state index contributed by atoms with van der Waals surface area (Å²) in [4.78, 5) is 12.1. The standard InChI is InChI=1S/C15H14O3S/c1-12-7-9-14(10-8-12)19(17,18)11-15(16)13-5-3-2-4-6-13/h2-10H,11H2,1H3. The van der Waals surface area contributed by atoms with Crippen LogP contribution in [-0.2, 0) is 9.84 Å². The third-order valence-electron chi connectivity index (χ3n) is 2.80. The van der Waals surface area contributed by atoms with Crippen molar-refractivity contribution >= 4 is 15.6 Å². The molecule has 0 bridgehead atoms. The predicted octanol–water partition coefficient (Wildman–Crippen LogP) is 2.65. The first-order valence-electron chi connectivity index (χ1n) is 5.87. The molecule has 98 valence electrons. The molecule has 0 saturated carbocycles. The van der Waals surface area contributed by atoms with Gasteiger partial charge in [-0.1, -0.05) is 48.0 Å². The molecule has 0 unspecified atom stereocenters. The van der Waals surface area contributed by atoms with Gasteiger partial charge in [-0.2, -0.15) is 0 Å². The van der Waals surface area contributed by atoms with E-state index in [0.717, 1.165) is 5.56 Å². The third-order valence-corrected chi connectivity index (χ3v) is 4.43. The van der Waals surface area contributed by atoms with Crippen molar-refractivity contribution in [2.75, 3.05) is 5.75 Å². The molecule has 2 aromatic carbocycles. The molecule has 19 heavy (non-hydrogen) atoms. The minimum atomic E-state index is -3.57. The lowest BCUT2D eigenvalue weighted by Crippen LogP contribution is -2.16. The van der Waals surface area contributed by atoms with Gasteiger partial charge in [0, 0.05) is 5.56 Å². The van der Waals surface area contributed by atoms with Gasteiger partial charge in [-0.3, -0.25) is 4.79 Å². The number of rotatable bonds is 4. The molecule has 0 aliphatic carbocycles. The smallest absolute Gasteiger partial charge is 0.185 e. The van der Waals surface area contributed by atoms with Gasteiger partial charge in [-0.25, -0.2) is 8.42 Å². The number of aryl methyl sites for hydroxylation is 1. The predicted molar refractivity (Wildman–Crippen MR) is 74.0 cm³/mol. The minimum absolute atomic E-state index is 0.183. The van der Waals surface area contributed by atoms with Crippen LogP contribution in [0, 0.1) is 6.92 Å². The zero-order chi connectivity index (χ0) is 13.9. The summed E-state index contributed by atoms with van der Waals surface area (Å²) in [7, 11) is -3.57. The van der Waals surface area contributed by atoms with Crippen molar-refractivity contribution in [2.45, 2.75) is 11.8 Å². The number of carbonyl (C=O) groups excluding carboxylic acids is 1. The molecule has 4 heteroatoms. The Hall–Kier alpha value is -1.94. The van der Waals surface area contributed by atoms with Crippen molar-refractivity contribution in [3.63, 3.8) is 0 Å². The molecule has 0 fully saturated rings. The Balaban J connectivity index is 2.23. The molecule has 0 spiro atoms. The Morgan fingerprint density at radius 2 is 1.53 bits per heavy atom. The molecule has 0 N–H and O–H groups in total. The molecule has 3 nitrogen and oxygen atoms in total. The van der Waals surface area contributed by atoms with Crippen LogP contribution in [0.4, 0.5) is 0 Å². The number of benzene rings is 2. The van der Waals surface area contributed by atoms with Crippen LogP contribution in [0.2, 0.25) is 0 Å². The van der Waals surface area contributed by atoms with E-state index in [9.17, 15) is 13.2 Å². The molecule has 0 heterocycles. The van der Waals surface area contributed by atoms with Crippen molar-refractivity contribution < 1.29 is 13.2 Å². The Morgan fingerprint density at radius 1 is 0.947 bits per heavy atom. The topological polar surface area (TPSA) is 51.2 Å². The first-order chi connectivity index (χ1) is 8.99. The van der Waals surface area contributed by atoms with Gasteiger partial charge < -0.3 is 0 Å². The fourth-order valence-electron chi connectivity index (χ4n) is 1.71. The highest BCUT2D eigenvalue weighted by Crippen LogP contribution is 2.14. The van der Waals surface area contributed by atoms with Gasteiger partial charge in [0.25, 0.3) is 0 Å². The Labute approximate surface area is 112 Å². The van der Waals surface area contributed by atoms with Crippen LogP contribution < -0.4 is 0 Å². The number of ketones is 1. The van der Waals surface area contributed by atoms with E-state index >= 15 is 0 Å². The number of carbonyl (C=O) groups is 1. The maximum absolute atomic E-state index is 12.1. The van der Waals surface area contributed by atoms with Crippen molar-refractivity contribution in [1.82, 2.24) is 0 Å². The Kier molecular flexibility index (Phi) is 3.81. The van der Waals surface area contributed by atoms with E-state index in [-0.39, 0.29) is 10.7 Å². The number of hydrogen-bond acceptors (Lipinski definition) is 3. The number of hydrogen-bond donors (Lipinski definition) is 0. The van der Waals surface area contributed by atoms with E-state index in [0.29, 0.717) is 5.56 Å². The third kappa shape index (κ3) is 3.29. The second-order valence-corrected chi connectivity index (χ2v) is 6.35. The Morgan fingerprint density at radius 3 is 2.11 bits per heavy atom. The van der Waals surface area contributed by atoms with Gasteiger partial charge in [0.05, 0.1) is 4.90 Å². The molecule has 0 aliphatic rings. The molecule has 2 aromatic rings. The van der Waals surface area contributed by atoms with Crippen LogP contribution >= 0.6 is 0 Å². The second-order valence-electron chi connectivity index (χ2n) is 4.36. The normalized spacial score (nSPS) is 11.2. The van der Waals surface area contributed by atoms with Gasteiger partial charge in [0.1, 0.15) is 5.75 Å². The maximum atomic E-state index is 12.1. The van der Waals surface area contributed by atoms with Crippen LogP contribution in [0.1, 0.15) is 15.9 Å². The van der Waals surface area contributed by atoms with E-state index in [2.05, 4.69) is 0 Å². The summed E-state index contributed by atoms with van der Waals surface area (Å²) in [6, 6.07) is 15.0. The average Bonchev–Trinajstić information content (AvgIpc) is 2.40. The monoisotopic (exact) mass is 274 g/mol. The van der Waals surface area contributed by atoms with Crippen molar-refractivity contribution in [2.24, 2.45) is 0 Å². The zero-order valence-electron chi connectivity index (χ0n) is 10.5. The molecule has 0 amide bonds. The lowest BCUT2D eigenvalue weighted by atomic mass is 10.2. The molecule has 0 saturated heterocycles. The first-order valence-corrected chi connectivity index (χ1v) is 7.52. The van der Waals surface area contributed by atoms with Gasteiger partial charge in [0.2, 0.25) is 0 Å². The highest BCUT2D eigenvalue weighted by Gasteiger charge is 2.19. The second kappa shape index (κ2) is 5.36. The Bertz CT molecular complexity index is 671. The highest BCUT2D eigenvalue weighted by atomic mass is 32.2. The first kappa shape index (κ1) is 13.5.